The first-order valence-corrected chi connectivity index (χ1v) is 6.81. The first-order valence-electron chi connectivity index (χ1n) is 5.61. The minimum atomic E-state index is -1.06. The molecule has 100 valence electrons. The van der Waals surface area contributed by atoms with Crippen molar-refractivity contribution in [1.82, 2.24) is 9.97 Å². The van der Waals surface area contributed by atoms with Crippen LogP contribution in [0.5, 0.6) is 0 Å². The van der Waals surface area contributed by atoms with Gasteiger partial charge in [-0.3, -0.25) is 0 Å². The third kappa shape index (κ3) is 3.90. The molecule has 0 radical (unpaired) electrons. The molecule has 2 aromatic heterocycles. The average Bonchev–Trinajstić information content (AvgIpc) is 2.74. The standard InChI is InChI=1S/C12H12ClN3O2S/c1-7-6-9(11(17)18)16-12(15-7)14-5-4-8-2-3-10(13)19-8/h2-3,6H,4-5H2,1H3,(H,17,18)(H,14,15,16). The van der Waals surface area contributed by atoms with E-state index in [1.165, 1.54) is 17.4 Å². The van der Waals surface area contributed by atoms with Gasteiger partial charge in [-0.2, -0.15) is 0 Å². The van der Waals surface area contributed by atoms with Crippen LogP contribution < -0.4 is 5.32 Å². The van der Waals surface area contributed by atoms with E-state index in [-0.39, 0.29) is 5.69 Å². The van der Waals surface area contributed by atoms with E-state index in [4.69, 9.17) is 16.7 Å². The Labute approximate surface area is 119 Å². The highest BCUT2D eigenvalue weighted by molar-refractivity contribution is 7.16. The molecule has 2 heterocycles. The van der Waals surface area contributed by atoms with Gasteiger partial charge >= 0.3 is 5.97 Å². The van der Waals surface area contributed by atoms with Crippen LogP contribution in [0.15, 0.2) is 18.2 Å². The Kier molecular flexibility index (Phi) is 4.34. The number of rotatable bonds is 5. The van der Waals surface area contributed by atoms with Crippen molar-refractivity contribution in [3.8, 4) is 0 Å². The predicted molar refractivity (Wildman–Crippen MR) is 75.3 cm³/mol. The molecular formula is C12H12ClN3O2S. The molecule has 2 rings (SSSR count). The number of nitrogens with zero attached hydrogens (tertiary/aromatic N) is 2. The molecule has 0 saturated carbocycles. The van der Waals surface area contributed by atoms with Crippen molar-refractivity contribution in [2.75, 3.05) is 11.9 Å². The molecule has 0 aliphatic heterocycles. The zero-order chi connectivity index (χ0) is 13.8. The maximum absolute atomic E-state index is 10.9. The quantitative estimate of drug-likeness (QED) is 0.887. The average molecular weight is 298 g/mol. The van der Waals surface area contributed by atoms with Crippen LogP contribution >= 0.6 is 22.9 Å². The summed E-state index contributed by atoms with van der Waals surface area (Å²) >= 11 is 7.37. The number of aromatic carboxylic acids is 1. The van der Waals surface area contributed by atoms with Crippen LogP contribution in [0.2, 0.25) is 4.34 Å². The lowest BCUT2D eigenvalue weighted by Crippen LogP contribution is -2.11. The molecule has 0 aromatic carbocycles. The SMILES string of the molecule is Cc1cc(C(=O)O)nc(NCCc2ccc(Cl)s2)n1. The van der Waals surface area contributed by atoms with Crippen LogP contribution in [-0.4, -0.2) is 27.6 Å². The summed E-state index contributed by atoms with van der Waals surface area (Å²) in [7, 11) is 0. The highest BCUT2D eigenvalue weighted by atomic mass is 35.5. The fourth-order valence-electron chi connectivity index (χ4n) is 1.54. The number of carboxylic acids is 1. The Morgan fingerprint density at radius 2 is 2.26 bits per heavy atom. The van der Waals surface area contributed by atoms with E-state index >= 15 is 0 Å². The zero-order valence-electron chi connectivity index (χ0n) is 10.2. The van der Waals surface area contributed by atoms with E-state index in [0.717, 1.165) is 15.6 Å². The van der Waals surface area contributed by atoms with Crippen LogP contribution in [0, 0.1) is 6.92 Å². The largest absolute Gasteiger partial charge is 0.477 e. The van der Waals surface area contributed by atoms with Crippen molar-refractivity contribution in [3.05, 3.63) is 38.8 Å². The molecule has 0 aliphatic rings. The third-order valence-corrected chi connectivity index (χ3v) is 3.65. The molecule has 0 unspecified atom stereocenters. The van der Waals surface area contributed by atoms with Gasteiger partial charge < -0.3 is 10.4 Å². The van der Waals surface area contributed by atoms with Crippen molar-refractivity contribution >= 4 is 34.9 Å². The van der Waals surface area contributed by atoms with Gasteiger partial charge in [0.05, 0.1) is 4.34 Å². The number of hydrogen-bond donors (Lipinski definition) is 2. The van der Waals surface area contributed by atoms with Crippen molar-refractivity contribution in [1.29, 1.82) is 0 Å². The Hall–Kier alpha value is -1.66. The molecule has 0 fully saturated rings. The highest BCUT2D eigenvalue weighted by Gasteiger charge is 2.08. The van der Waals surface area contributed by atoms with E-state index in [1.807, 2.05) is 12.1 Å². The molecule has 0 aliphatic carbocycles. The van der Waals surface area contributed by atoms with Gasteiger partial charge in [0, 0.05) is 17.1 Å². The van der Waals surface area contributed by atoms with E-state index in [0.29, 0.717) is 18.2 Å². The maximum atomic E-state index is 10.9. The lowest BCUT2D eigenvalue weighted by atomic mass is 10.3. The summed E-state index contributed by atoms with van der Waals surface area (Å²) in [6.45, 7) is 2.36. The molecular weight excluding hydrogens is 286 g/mol. The van der Waals surface area contributed by atoms with E-state index in [9.17, 15) is 4.79 Å². The Bertz CT molecular complexity index is 600. The summed E-state index contributed by atoms with van der Waals surface area (Å²) in [6.07, 6.45) is 0.789. The first kappa shape index (κ1) is 13.8. The number of anilines is 1. The van der Waals surface area contributed by atoms with Crippen LogP contribution in [-0.2, 0) is 6.42 Å². The van der Waals surface area contributed by atoms with Crippen molar-refractivity contribution in [2.24, 2.45) is 0 Å². The number of aromatic nitrogens is 2. The van der Waals surface area contributed by atoms with Crippen molar-refractivity contribution < 1.29 is 9.90 Å². The topological polar surface area (TPSA) is 75.1 Å². The molecule has 0 amide bonds. The fourth-order valence-corrected chi connectivity index (χ4v) is 2.63. The van der Waals surface area contributed by atoms with Gasteiger partial charge in [0.1, 0.15) is 0 Å². The fraction of sp³-hybridized carbons (Fsp3) is 0.250. The van der Waals surface area contributed by atoms with Crippen molar-refractivity contribution in [3.63, 3.8) is 0 Å². The summed E-state index contributed by atoms with van der Waals surface area (Å²) in [5.41, 5.74) is 0.614. The second-order valence-electron chi connectivity index (χ2n) is 3.91. The lowest BCUT2D eigenvalue weighted by Gasteiger charge is -2.05. The minimum Gasteiger partial charge on any atom is -0.477 e. The second-order valence-corrected chi connectivity index (χ2v) is 5.71. The first-order chi connectivity index (χ1) is 9.04. The van der Waals surface area contributed by atoms with Gasteiger partial charge in [-0.1, -0.05) is 11.6 Å². The number of halogens is 1. The molecule has 7 heteroatoms. The molecule has 2 N–H and O–H groups in total. The van der Waals surface area contributed by atoms with Crippen LogP contribution in [0.4, 0.5) is 5.95 Å². The zero-order valence-corrected chi connectivity index (χ0v) is 11.8. The van der Waals surface area contributed by atoms with E-state index < -0.39 is 5.97 Å². The summed E-state index contributed by atoms with van der Waals surface area (Å²) in [5.74, 6) is -0.723. The molecule has 0 saturated heterocycles. The lowest BCUT2D eigenvalue weighted by molar-refractivity contribution is 0.0690. The van der Waals surface area contributed by atoms with Crippen molar-refractivity contribution in [2.45, 2.75) is 13.3 Å². The minimum absolute atomic E-state index is 0.00540. The third-order valence-electron chi connectivity index (χ3n) is 2.36. The van der Waals surface area contributed by atoms with Gasteiger partial charge in [0.15, 0.2) is 5.69 Å². The number of carboxylic acid groups (broad SMARTS) is 1. The number of thiophene rings is 1. The van der Waals surface area contributed by atoms with Crippen LogP contribution in [0.1, 0.15) is 21.1 Å². The van der Waals surface area contributed by atoms with Gasteiger partial charge in [-0.25, -0.2) is 14.8 Å². The van der Waals surface area contributed by atoms with E-state index in [2.05, 4.69) is 15.3 Å². The van der Waals surface area contributed by atoms with Gasteiger partial charge in [-0.15, -0.1) is 11.3 Å². The molecule has 19 heavy (non-hydrogen) atoms. The Morgan fingerprint density at radius 1 is 1.47 bits per heavy atom. The summed E-state index contributed by atoms with van der Waals surface area (Å²) in [5, 5.41) is 11.9. The number of nitrogens with one attached hydrogen (secondary N) is 1. The van der Waals surface area contributed by atoms with Gasteiger partial charge in [0.2, 0.25) is 5.95 Å². The Balaban J connectivity index is 1.97. The number of hydrogen-bond acceptors (Lipinski definition) is 5. The van der Waals surface area contributed by atoms with Gasteiger partial charge in [0.25, 0.3) is 0 Å². The maximum Gasteiger partial charge on any atom is 0.354 e. The number of carbonyl (C=O) groups is 1. The normalized spacial score (nSPS) is 10.4. The summed E-state index contributed by atoms with van der Waals surface area (Å²) < 4.78 is 0.759. The monoisotopic (exact) mass is 297 g/mol. The number of aryl methyl sites for hydroxylation is 1. The Morgan fingerprint density at radius 3 is 2.89 bits per heavy atom. The van der Waals surface area contributed by atoms with Crippen LogP contribution in [0.3, 0.4) is 0 Å². The molecule has 0 bridgehead atoms. The molecule has 0 spiro atoms. The smallest absolute Gasteiger partial charge is 0.354 e. The predicted octanol–water partition coefficient (Wildman–Crippen LogP) is 2.85. The summed E-state index contributed by atoms with van der Waals surface area (Å²) in [4.78, 5) is 20.1. The van der Waals surface area contributed by atoms with E-state index in [1.54, 1.807) is 6.92 Å². The highest BCUT2D eigenvalue weighted by Crippen LogP contribution is 2.21. The molecule has 0 atom stereocenters. The van der Waals surface area contributed by atoms with Crippen LogP contribution in [0.25, 0.3) is 0 Å². The van der Waals surface area contributed by atoms with Gasteiger partial charge in [-0.05, 0) is 31.5 Å². The summed E-state index contributed by atoms with van der Waals surface area (Å²) in [6, 6.07) is 5.26. The molecule has 2 aromatic rings. The molecule has 5 nitrogen and oxygen atoms in total. The second kappa shape index (κ2) is 5.99.